The highest BCUT2D eigenvalue weighted by Gasteiger charge is 2.39. The van der Waals surface area contributed by atoms with Crippen LogP contribution in [-0.4, -0.2) is 31.8 Å². The molecule has 1 aromatic carbocycles. The van der Waals surface area contributed by atoms with Crippen molar-refractivity contribution in [3.63, 3.8) is 0 Å². The first kappa shape index (κ1) is 11.5. The van der Waals surface area contributed by atoms with Gasteiger partial charge in [0.05, 0.1) is 12.2 Å². The fraction of sp³-hybridized carbons (Fsp3) is 0.462. The number of carbonyl (C=O) groups is 1. The van der Waals surface area contributed by atoms with E-state index in [9.17, 15) is 9.18 Å². The molecule has 2 saturated heterocycles. The smallest absolute Gasteiger partial charge is 0.414 e. The highest BCUT2D eigenvalue weighted by atomic mass is 19.1. The molecule has 1 amide bonds. The first-order chi connectivity index (χ1) is 8.75. The average molecular weight is 250 g/mol. The van der Waals surface area contributed by atoms with Crippen molar-refractivity contribution in [3.8, 4) is 0 Å². The molecule has 2 fully saturated rings. The molecule has 2 atom stereocenters. The molecular weight excluding hydrogens is 235 g/mol. The molecule has 96 valence electrons. The quantitative estimate of drug-likeness (QED) is 0.869. The topological polar surface area (TPSA) is 41.6 Å². The summed E-state index contributed by atoms with van der Waals surface area (Å²) in [7, 11) is 0. The molecule has 4 nitrogen and oxygen atoms in total. The van der Waals surface area contributed by atoms with Crippen molar-refractivity contribution in [1.82, 2.24) is 5.32 Å². The highest BCUT2D eigenvalue weighted by molar-refractivity contribution is 5.89. The van der Waals surface area contributed by atoms with E-state index in [-0.39, 0.29) is 11.9 Å². The van der Waals surface area contributed by atoms with Crippen molar-refractivity contribution < 1.29 is 13.9 Å². The lowest BCUT2D eigenvalue weighted by Crippen LogP contribution is -2.29. The van der Waals surface area contributed by atoms with Crippen LogP contribution >= 0.6 is 0 Å². The Morgan fingerprint density at radius 2 is 2.22 bits per heavy atom. The van der Waals surface area contributed by atoms with Crippen molar-refractivity contribution in [2.45, 2.75) is 12.5 Å². The molecular formula is C13H15FN2O2. The number of hydrogen-bond acceptors (Lipinski definition) is 3. The zero-order valence-corrected chi connectivity index (χ0v) is 9.93. The summed E-state index contributed by atoms with van der Waals surface area (Å²) in [5.41, 5.74) is 0.302. The van der Waals surface area contributed by atoms with Gasteiger partial charge in [-0.25, -0.2) is 9.18 Å². The van der Waals surface area contributed by atoms with Gasteiger partial charge >= 0.3 is 6.09 Å². The first-order valence-electron chi connectivity index (χ1n) is 6.19. The Bertz CT molecular complexity index is 460. The maximum Gasteiger partial charge on any atom is 0.414 e. The van der Waals surface area contributed by atoms with Crippen LogP contribution in [0.5, 0.6) is 0 Å². The second-order valence-electron chi connectivity index (χ2n) is 4.74. The lowest BCUT2D eigenvalue weighted by Gasteiger charge is -2.16. The Labute approximate surface area is 105 Å². The summed E-state index contributed by atoms with van der Waals surface area (Å²) in [6.07, 6.45) is 0.424. The van der Waals surface area contributed by atoms with E-state index in [2.05, 4.69) is 5.32 Å². The number of nitrogens with one attached hydrogen (secondary N) is 1. The zero-order valence-electron chi connectivity index (χ0n) is 9.93. The SMILES string of the molecule is O=C1OC(C2CCNC2)CN1c1ccccc1F. The van der Waals surface area contributed by atoms with Gasteiger partial charge in [-0.2, -0.15) is 0 Å². The number of amides is 1. The Morgan fingerprint density at radius 1 is 1.39 bits per heavy atom. The Hall–Kier alpha value is -1.62. The largest absolute Gasteiger partial charge is 0.444 e. The van der Waals surface area contributed by atoms with Crippen molar-refractivity contribution in [3.05, 3.63) is 30.1 Å². The molecule has 0 saturated carbocycles. The number of carbonyl (C=O) groups excluding carboxylic acids is 1. The number of ether oxygens (including phenoxy) is 1. The van der Waals surface area contributed by atoms with E-state index in [1.165, 1.54) is 11.0 Å². The van der Waals surface area contributed by atoms with Gasteiger partial charge in [-0.3, -0.25) is 4.90 Å². The van der Waals surface area contributed by atoms with Crippen molar-refractivity contribution >= 4 is 11.8 Å². The summed E-state index contributed by atoms with van der Waals surface area (Å²) in [6, 6.07) is 6.29. The number of para-hydroxylation sites is 1. The lowest BCUT2D eigenvalue weighted by molar-refractivity contribution is 0.111. The van der Waals surface area contributed by atoms with Gasteiger partial charge in [0.1, 0.15) is 11.9 Å². The van der Waals surface area contributed by atoms with E-state index in [0.29, 0.717) is 18.2 Å². The zero-order chi connectivity index (χ0) is 12.5. The van der Waals surface area contributed by atoms with Gasteiger partial charge in [0.2, 0.25) is 0 Å². The Morgan fingerprint density at radius 3 is 2.94 bits per heavy atom. The minimum absolute atomic E-state index is 0.132. The number of nitrogens with zero attached hydrogens (tertiary/aromatic N) is 1. The molecule has 3 rings (SSSR count). The molecule has 18 heavy (non-hydrogen) atoms. The van der Waals surface area contributed by atoms with Gasteiger partial charge in [0, 0.05) is 12.5 Å². The van der Waals surface area contributed by atoms with Crippen LogP contribution in [-0.2, 0) is 4.74 Å². The summed E-state index contributed by atoms with van der Waals surface area (Å²) < 4.78 is 19.0. The van der Waals surface area contributed by atoms with Gasteiger partial charge < -0.3 is 10.1 Å². The summed E-state index contributed by atoms with van der Waals surface area (Å²) in [4.78, 5) is 13.2. The van der Waals surface area contributed by atoms with Gasteiger partial charge in [-0.1, -0.05) is 12.1 Å². The number of benzene rings is 1. The molecule has 2 aliphatic rings. The summed E-state index contributed by atoms with van der Waals surface area (Å²) in [6.45, 7) is 2.26. The fourth-order valence-electron chi connectivity index (χ4n) is 2.59. The number of hydrogen-bond donors (Lipinski definition) is 1. The standard InChI is InChI=1S/C13H15FN2O2/c14-10-3-1-2-4-11(10)16-8-12(18-13(16)17)9-5-6-15-7-9/h1-4,9,12,15H,5-8H2. The molecule has 2 aliphatic heterocycles. The van der Waals surface area contributed by atoms with E-state index in [0.717, 1.165) is 19.5 Å². The number of anilines is 1. The lowest BCUT2D eigenvalue weighted by atomic mass is 10.0. The minimum Gasteiger partial charge on any atom is -0.444 e. The van der Waals surface area contributed by atoms with Gasteiger partial charge in [0.25, 0.3) is 0 Å². The number of rotatable bonds is 2. The molecule has 1 N–H and O–H groups in total. The van der Waals surface area contributed by atoms with Crippen LogP contribution < -0.4 is 10.2 Å². The van der Waals surface area contributed by atoms with Crippen LogP contribution in [0.15, 0.2) is 24.3 Å². The third-order valence-corrected chi connectivity index (χ3v) is 3.60. The van der Waals surface area contributed by atoms with Crippen LogP contribution in [0.4, 0.5) is 14.9 Å². The van der Waals surface area contributed by atoms with E-state index in [4.69, 9.17) is 4.74 Å². The van der Waals surface area contributed by atoms with Crippen molar-refractivity contribution in [1.29, 1.82) is 0 Å². The minimum atomic E-state index is -0.447. The molecule has 5 heteroatoms. The van der Waals surface area contributed by atoms with Gasteiger partial charge in [0.15, 0.2) is 0 Å². The number of cyclic esters (lactones) is 1. The van der Waals surface area contributed by atoms with Crippen LogP contribution in [0.2, 0.25) is 0 Å². The monoisotopic (exact) mass is 250 g/mol. The molecule has 0 radical (unpaired) electrons. The Kier molecular flexibility index (Phi) is 2.91. The second-order valence-corrected chi connectivity index (χ2v) is 4.74. The molecule has 1 aromatic rings. The molecule has 0 bridgehead atoms. The summed E-state index contributed by atoms with van der Waals surface area (Å²) in [5, 5.41) is 3.25. The Balaban J connectivity index is 1.78. The number of halogens is 1. The maximum atomic E-state index is 13.7. The maximum absolute atomic E-state index is 13.7. The van der Waals surface area contributed by atoms with Gasteiger partial charge in [-0.15, -0.1) is 0 Å². The highest BCUT2D eigenvalue weighted by Crippen LogP contribution is 2.28. The van der Waals surface area contributed by atoms with Crippen LogP contribution in [0.1, 0.15) is 6.42 Å². The molecule has 0 aliphatic carbocycles. The third-order valence-electron chi connectivity index (χ3n) is 3.60. The van der Waals surface area contributed by atoms with Crippen LogP contribution in [0, 0.1) is 11.7 Å². The first-order valence-corrected chi connectivity index (χ1v) is 6.19. The van der Waals surface area contributed by atoms with Crippen molar-refractivity contribution in [2.24, 2.45) is 5.92 Å². The molecule has 0 aromatic heterocycles. The van der Waals surface area contributed by atoms with E-state index in [1.807, 2.05) is 0 Å². The summed E-state index contributed by atoms with van der Waals surface area (Å²) in [5.74, 6) is -0.0506. The van der Waals surface area contributed by atoms with E-state index >= 15 is 0 Å². The predicted octanol–water partition coefficient (Wildman–Crippen LogP) is 1.76. The predicted molar refractivity (Wildman–Crippen MR) is 65.0 cm³/mol. The molecule has 0 spiro atoms. The summed E-state index contributed by atoms with van der Waals surface area (Å²) >= 11 is 0. The van der Waals surface area contributed by atoms with E-state index in [1.54, 1.807) is 18.2 Å². The van der Waals surface area contributed by atoms with E-state index < -0.39 is 6.09 Å². The second kappa shape index (κ2) is 4.57. The molecule has 2 unspecified atom stereocenters. The van der Waals surface area contributed by atoms with Crippen LogP contribution in [0.25, 0.3) is 0 Å². The molecule has 2 heterocycles. The van der Waals surface area contributed by atoms with Crippen LogP contribution in [0.3, 0.4) is 0 Å². The third kappa shape index (κ3) is 1.95. The van der Waals surface area contributed by atoms with Crippen molar-refractivity contribution in [2.75, 3.05) is 24.5 Å². The average Bonchev–Trinajstić information content (AvgIpc) is 2.99. The normalized spacial score (nSPS) is 27.6. The van der Waals surface area contributed by atoms with Gasteiger partial charge in [-0.05, 0) is 25.1 Å². The fourth-order valence-corrected chi connectivity index (χ4v) is 2.59.